The van der Waals surface area contributed by atoms with Crippen LogP contribution in [0.3, 0.4) is 0 Å². The standard InChI is InChI=1S/C11H10BrClOS/c1-6-3-4-9(14-6)11(13)8-5-10(12)15-7(8)2/h3-5,11H,1-2H3. The molecule has 0 aliphatic rings. The molecule has 0 saturated carbocycles. The van der Waals surface area contributed by atoms with E-state index in [1.807, 2.05) is 19.1 Å². The quantitative estimate of drug-likeness (QED) is 0.708. The van der Waals surface area contributed by atoms with E-state index in [-0.39, 0.29) is 5.38 Å². The van der Waals surface area contributed by atoms with Crippen LogP contribution in [-0.4, -0.2) is 0 Å². The van der Waals surface area contributed by atoms with Crippen LogP contribution in [0.15, 0.2) is 26.4 Å². The number of hydrogen-bond donors (Lipinski definition) is 0. The predicted octanol–water partition coefficient (Wildman–Crippen LogP) is 5.05. The summed E-state index contributed by atoms with van der Waals surface area (Å²) < 4.78 is 6.62. The van der Waals surface area contributed by atoms with Crippen LogP contribution in [0.1, 0.15) is 27.3 Å². The number of furan rings is 1. The third-order valence-electron chi connectivity index (χ3n) is 2.21. The van der Waals surface area contributed by atoms with Crippen LogP contribution < -0.4 is 0 Å². The summed E-state index contributed by atoms with van der Waals surface area (Å²) >= 11 is 11.5. The van der Waals surface area contributed by atoms with Gasteiger partial charge in [-0.1, -0.05) is 0 Å². The van der Waals surface area contributed by atoms with Crippen LogP contribution in [0.4, 0.5) is 0 Å². The van der Waals surface area contributed by atoms with Gasteiger partial charge in [-0.2, -0.15) is 0 Å². The Labute approximate surface area is 106 Å². The molecule has 80 valence electrons. The first kappa shape index (κ1) is 11.2. The Bertz CT molecular complexity index is 475. The molecule has 15 heavy (non-hydrogen) atoms. The Morgan fingerprint density at radius 2 is 2.13 bits per heavy atom. The summed E-state index contributed by atoms with van der Waals surface area (Å²) in [7, 11) is 0. The molecule has 1 unspecified atom stereocenters. The van der Waals surface area contributed by atoms with Crippen LogP contribution in [-0.2, 0) is 0 Å². The number of rotatable bonds is 2. The van der Waals surface area contributed by atoms with Crippen molar-refractivity contribution < 1.29 is 4.42 Å². The van der Waals surface area contributed by atoms with Gasteiger partial charge < -0.3 is 4.42 Å². The maximum absolute atomic E-state index is 6.36. The molecule has 0 saturated heterocycles. The summed E-state index contributed by atoms with van der Waals surface area (Å²) in [6, 6.07) is 5.91. The van der Waals surface area contributed by atoms with Gasteiger partial charge in [-0.05, 0) is 53.5 Å². The fourth-order valence-corrected chi connectivity index (χ4v) is 3.61. The molecule has 1 nitrogen and oxygen atoms in total. The van der Waals surface area contributed by atoms with Gasteiger partial charge in [0.25, 0.3) is 0 Å². The topological polar surface area (TPSA) is 13.1 Å². The fourth-order valence-electron chi connectivity index (χ4n) is 1.45. The van der Waals surface area contributed by atoms with Crippen molar-refractivity contribution in [1.82, 2.24) is 0 Å². The SMILES string of the molecule is Cc1ccc(C(Cl)c2cc(Br)sc2C)o1. The van der Waals surface area contributed by atoms with E-state index in [4.69, 9.17) is 16.0 Å². The highest BCUT2D eigenvalue weighted by Gasteiger charge is 2.18. The van der Waals surface area contributed by atoms with Crippen LogP contribution in [0.25, 0.3) is 0 Å². The Morgan fingerprint density at radius 1 is 1.40 bits per heavy atom. The number of thiophene rings is 1. The molecule has 0 aliphatic carbocycles. The van der Waals surface area contributed by atoms with Crippen LogP contribution in [0.2, 0.25) is 0 Å². The minimum Gasteiger partial charge on any atom is -0.464 e. The number of aryl methyl sites for hydroxylation is 2. The molecule has 0 bridgehead atoms. The summed E-state index contributed by atoms with van der Waals surface area (Å²) in [5, 5.41) is -0.193. The molecular formula is C11H10BrClOS. The van der Waals surface area contributed by atoms with Crippen molar-refractivity contribution >= 4 is 38.9 Å². The van der Waals surface area contributed by atoms with Gasteiger partial charge in [-0.25, -0.2) is 0 Å². The van der Waals surface area contributed by atoms with Crippen molar-refractivity contribution in [3.05, 3.63) is 43.9 Å². The number of halogens is 2. The molecule has 0 aromatic carbocycles. The van der Waals surface area contributed by atoms with Gasteiger partial charge in [0.2, 0.25) is 0 Å². The highest BCUT2D eigenvalue weighted by Crippen LogP contribution is 2.37. The lowest BCUT2D eigenvalue weighted by Crippen LogP contribution is -1.90. The van der Waals surface area contributed by atoms with Gasteiger partial charge in [-0.15, -0.1) is 22.9 Å². The van der Waals surface area contributed by atoms with Gasteiger partial charge >= 0.3 is 0 Å². The van der Waals surface area contributed by atoms with Gasteiger partial charge in [-0.3, -0.25) is 0 Å². The average Bonchev–Trinajstić information content (AvgIpc) is 2.71. The third kappa shape index (κ3) is 2.30. The zero-order valence-electron chi connectivity index (χ0n) is 8.38. The first-order chi connectivity index (χ1) is 7.08. The highest BCUT2D eigenvalue weighted by molar-refractivity contribution is 9.11. The largest absolute Gasteiger partial charge is 0.464 e. The van der Waals surface area contributed by atoms with E-state index in [1.165, 1.54) is 4.88 Å². The second kappa shape index (κ2) is 4.32. The normalized spacial score (nSPS) is 13.1. The molecule has 2 aromatic heterocycles. The van der Waals surface area contributed by atoms with Crippen molar-refractivity contribution in [1.29, 1.82) is 0 Å². The zero-order chi connectivity index (χ0) is 11.0. The highest BCUT2D eigenvalue weighted by atomic mass is 79.9. The summed E-state index contributed by atoms with van der Waals surface area (Å²) in [5.74, 6) is 1.70. The second-order valence-electron chi connectivity index (χ2n) is 3.37. The van der Waals surface area contributed by atoms with Crippen molar-refractivity contribution in [2.45, 2.75) is 19.2 Å². The minimum absolute atomic E-state index is 0.193. The number of hydrogen-bond acceptors (Lipinski definition) is 2. The van der Waals surface area contributed by atoms with Crippen molar-refractivity contribution in [2.75, 3.05) is 0 Å². The summed E-state index contributed by atoms with van der Waals surface area (Å²) in [4.78, 5) is 1.22. The van der Waals surface area contributed by atoms with Gasteiger partial charge in [0.15, 0.2) is 0 Å². The lowest BCUT2D eigenvalue weighted by Gasteiger charge is -2.05. The summed E-state index contributed by atoms with van der Waals surface area (Å²) in [5.41, 5.74) is 1.11. The zero-order valence-corrected chi connectivity index (χ0v) is 11.5. The Balaban J connectivity index is 2.35. The maximum Gasteiger partial charge on any atom is 0.126 e. The molecule has 0 spiro atoms. The first-order valence-electron chi connectivity index (χ1n) is 4.54. The molecule has 0 fully saturated rings. The Hall–Kier alpha value is -0.250. The first-order valence-corrected chi connectivity index (χ1v) is 6.59. The van der Waals surface area contributed by atoms with E-state index in [9.17, 15) is 0 Å². The van der Waals surface area contributed by atoms with Gasteiger partial charge in [0.1, 0.15) is 16.9 Å². The van der Waals surface area contributed by atoms with Crippen molar-refractivity contribution in [3.8, 4) is 0 Å². The van der Waals surface area contributed by atoms with E-state index in [2.05, 4.69) is 28.9 Å². The van der Waals surface area contributed by atoms with Crippen LogP contribution in [0.5, 0.6) is 0 Å². The lowest BCUT2D eigenvalue weighted by molar-refractivity contribution is 0.489. The van der Waals surface area contributed by atoms with E-state index >= 15 is 0 Å². The van der Waals surface area contributed by atoms with Crippen molar-refractivity contribution in [2.24, 2.45) is 0 Å². The molecule has 2 heterocycles. The van der Waals surface area contributed by atoms with Gasteiger partial charge in [0.05, 0.1) is 3.79 Å². The van der Waals surface area contributed by atoms with E-state index in [0.29, 0.717) is 0 Å². The summed E-state index contributed by atoms with van der Waals surface area (Å²) in [6.07, 6.45) is 0. The second-order valence-corrected chi connectivity index (χ2v) is 6.45. The molecule has 0 amide bonds. The van der Waals surface area contributed by atoms with E-state index in [1.54, 1.807) is 11.3 Å². The molecule has 1 atom stereocenters. The maximum atomic E-state index is 6.36. The average molecular weight is 306 g/mol. The van der Waals surface area contributed by atoms with Crippen LogP contribution >= 0.6 is 38.9 Å². The monoisotopic (exact) mass is 304 g/mol. The summed E-state index contributed by atoms with van der Waals surface area (Å²) in [6.45, 7) is 3.99. The molecule has 0 N–H and O–H groups in total. The molecule has 4 heteroatoms. The molecule has 2 aromatic rings. The van der Waals surface area contributed by atoms with Gasteiger partial charge in [0, 0.05) is 4.88 Å². The number of alkyl halides is 1. The molecular weight excluding hydrogens is 296 g/mol. The van der Waals surface area contributed by atoms with Crippen LogP contribution in [0, 0.1) is 13.8 Å². The Morgan fingerprint density at radius 3 is 2.60 bits per heavy atom. The molecule has 2 rings (SSSR count). The minimum atomic E-state index is -0.193. The lowest BCUT2D eigenvalue weighted by atomic mass is 10.1. The smallest absolute Gasteiger partial charge is 0.126 e. The molecule has 0 aliphatic heterocycles. The van der Waals surface area contributed by atoms with E-state index in [0.717, 1.165) is 20.9 Å². The molecule has 0 radical (unpaired) electrons. The predicted molar refractivity (Wildman–Crippen MR) is 67.9 cm³/mol. The fraction of sp³-hybridized carbons (Fsp3) is 0.273. The van der Waals surface area contributed by atoms with Crippen molar-refractivity contribution in [3.63, 3.8) is 0 Å². The third-order valence-corrected chi connectivity index (χ3v) is 4.23. The van der Waals surface area contributed by atoms with E-state index < -0.39 is 0 Å². The Kier molecular flexibility index (Phi) is 3.24.